The Bertz CT molecular complexity index is 4190. The van der Waals surface area contributed by atoms with E-state index in [0.717, 1.165) is 105 Å². The number of aromatic nitrogens is 5. The summed E-state index contributed by atoms with van der Waals surface area (Å²) in [7, 11) is 0. The van der Waals surface area contributed by atoms with E-state index < -0.39 is 0 Å². The molecule has 8 heteroatoms. The van der Waals surface area contributed by atoms with Crippen molar-refractivity contribution in [2.75, 3.05) is 0 Å². The van der Waals surface area contributed by atoms with Gasteiger partial charge < -0.3 is 9.13 Å². The van der Waals surface area contributed by atoms with Crippen LogP contribution in [0, 0.1) is 29.2 Å². The summed E-state index contributed by atoms with van der Waals surface area (Å²) in [6.07, 6.45) is 0. The normalized spacial score (nSPS) is 11.2. The Morgan fingerprint density at radius 2 is 0.716 bits per heavy atom. The van der Waals surface area contributed by atoms with Crippen molar-refractivity contribution in [3.05, 3.63) is 253 Å². The molecule has 8 nitrogen and oxygen atoms in total. The van der Waals surface area contributed by atoms with E-state index in [-0.39, 0.29) is 0 Å². The van der Waals surface area contributed by atoms with Gasteiger partial charge in [-0.2, -0.15) is 10.5 Å². The van der Waals surface area contributed by atoms with Crippen molar-refractivity contribution in [2.45, 2.75) is 0 Å². The summed E-state index contributed by atoms with van der Waals surface area (Å²) in [6, 6.07) is 82.1. The number of rotatable bonds is 8. The third-order valence-corrected chi connectivity index (χ3v) is 13.9. The van der Waals surface area contributed by atoms with Gasteiger partial charge in [0, 0.05) is 38.2 Å². The second-order valence-electron chi connectivity index (χ2n) is 18.1. The second kappa shape index (κ2) is 17.9. The lowest BCUT2D eigenvalue weighted by Gasteiger charge is -2.18. The van der Waals surface area contributed by atoms with E-state index in [2.05, 4.69) is 160 Å². The van der Waals surface area contributed by atoms with E-state index >= 15 is 0 Å². The summed E-state index contributed by atoms with van der Waals surface area (Å²) in [5.74, 6) is 1.38. The fourth-order valence-corrected chi connectivity index (χ4v) is 10.4. The van der Waals surface area contributed by atoms with Gasteiger partial charge in [0.2, 0.25) is 0 Å². The van der Waals surface area contributed by atoms with Crippen molar-refractivity contribution >= 4 is 49.3 Å². The van der Waals surface area contributed by atoms with E-state index in [0.29, 0.717) is 34.3 Å². The van der Waals surface area contributed by atoms with Gasteiger partial charge in [0.1, 0.15) is 0 Å². The standard InChI is InChI=1S/C66H38N8/c1-69-57-23-7-2-18-50(57)44-28-30-45(31-29-44)64-70-65(55-34-32-48(46-16-12-14-42(36-46)40-67)38-62(55)73-58-24-8-3-19-51(58)52-20-4-9-25-59(52)73)72-66(71-64)56-35-33-49(47-17-13-15-43(37-47)41-68)39-63(56)74-60-26-10-5-21-53(60)54-22-6-11-27-61(54)74/h2-39H. The predicted molar refractivity (Wildman–Crippen MR) is 297 cm³/mol. The van der Waals surface area contributed by atoms with E-state index in [1.807, 2.05) is 97.1 Å². The summed E-state index contributed by atoms with van der Waals surface area (Å²) in [5.41, 5.74) is 15.2. The van der Waals surface area contributed by atoms with Gasteiger partial charge in [-0.1, -0.05) is 158 Å². The van der Waals surface area contributed by atoms with Gasteiger partial charge in [-0.3, -0.25) is 0 Å². The third kappa shape index (κ3) is 7.33. The molecule has 0 amide bonds. The number of fused-ring (bicyclic) bond motifs is 6. The maximum atomic E-state index is 9.96. The van der Waals surface area contributed by atoms with E-state index in [4.69, 9.17) is 21.5 Å². The fourth-order valence-electron chi connectivity index (χ4n) is 10.4. The van der Waals surface area contributed by atoms with Crippen LogP contribution >= 0.6 is 0 Å². The minimum atomic E-state index is 0.459. The maximum absolute atomic E-state index is 9.96. The van der Waals surface area contributed by atoms with E-state index in [9.17, 15) is 10.5 Å². The minimum Gasteiger partial charge on any atom is -0.308 e. The van der Waals surface area contributed by atoms with Crippen molar-refractivity contribution in [3.63, 3.8) is 0 Å². The molecule has 0 bridgehead atoms. The van der Waals surface area contributed by atoms with Gasteiger partial charge in [0.05, 0.1) is 63.3 Å². The molecule has 10 aromatic carbocycles. The molecule has 0 N–H and O–H groups in total. The van der Waals surface area contributed by atoms with Gasteiger partial charge in [-0.25, -0.2) is 19.8 Å². The molecule has 0 unspecified atom stereocenters. The van der Waals surface area contributed by atoms with Crippen LogP contribution in [-0.4, -0.2) is 24.1 Å². The van der Waals surface area contributed by atoms with Crippen molar-refractivity contribution in [2.24, 2.45) is 0 Å². The van der Waals surface area contributed by atoms with Crippen LogP contribution in [0.1, 0.15) is 11.1 Å². The smallest absolute Gasteiger partial charge is 0.194 e. The average molecular weight is 943 g/mol. The van der Waals surface area contributed by atoms with Gasteiger partial charge in [0.15, 0.2) is 23.2 Å². The number of hydrogen-bond donors (Lipinski definition) is 0. The van der Waals surface area contributed by atoms with Crippen LogP contribution in [0.5, 0.6) is 0 Å². The Morgan fingerprint density at radius 3 is 1.16 bits per heavy atom. The monoisotopic (exact) mass is 942 g/mol. The average Bonchev–Trinajstić information content (AvgIpc) is 4.00. The number of nitriles is 2. The molecular weight excluding hydrogens is 905 g/mol. The Kier molecular flexibility index (Phi) is 10.5. The highest BCUT2D eigenvalue weighted by atomic mass is 15.1. The lowest BCUT2D eigenvalue weighted by molar-refractivity contribution is 1.06. The second-order valence-corrected chi connectivity index (χ2v) is 18.1. The van der Waals surface area contributed by atoms with Crippen molar-refractivity contribution in [3.8, 4) is 91.1 Å². The van der Waals surface area contributed by atoms with Crippen LogP contribution < -0.4 is 0 Å². The summed E-state index contributed by atoms with van der Waals surface area (Å²) in [4.78, 5) is 20.2. The Hall–Kier alpha value is -10.7. The molecule has 0 radical (unpaired) electrons. The highest BCUT2D eigenvalue weighted by Crippen LogP contribution is 2.42. The molecule has 13 rings (SSSR count). The zero-order valence-corrected chi connectivity index (χ0v) is 39.5. The Balaban J connectivity index is 1.11. The van der Waals surface area contributed by atoms with E-state index in [1.54, 1.807) is 0 Å². The maximum Gasteiger partial charge on any atom is 0.194 e. The summed E-state index contributed by atoms with van der Waals surface area (Å²) in [5, 5.41) is 24.4. The molecule has 0 fully saturated rings. The Labute approximate surface area is 426 Å². The van der Waals surface area contributed by atoms with Gasteiger partial charge in [-0.15, -0.1) is 0 Å². The summed E-state index contributed by atoms with van der Waals surface area (Å²) < 4.78 is 4.58. The number of hydrogen-bond acceptors (Lipinski definition) is 5. The van der Waals surface area contributed by atoms with Crippen molar-refractivity contribution < 1.29 is 0 Å². The zero-order valence-electron chi connectivity index (χ0n) is 39.5. The van der Waals surface area contributed by atoms with Crippen LogP contribution in [-0.2, 0) is 0 Å². The summed E-state index contributed by atoms with van der Waals surface area (Å²) in [6.45, 7) is 7.87. The number of para-hydroxylation sites is 5. The lowest BCUT2D eigenvalue weighted by Crippen LogP contribution is -2.06. The highest BCUT2D eigenvalue weighted by molar-refractivity contribution is 6.11. The first kappa shape index (κ1) is 43.3. The first-order valence-electron chi connectivity index (χ1n) is 24.2. The molecule has 13 aromatic rings. The van der Waals surface area contributed by atoms with Gasteiger partial charge >= 0.3 is 0 Å². The first-order valence-corrected chi connectivity index (χ1v) is 24.2. The first-order chi connectivity index (χ1) is 36.5. The quantitative estimate of drug-likeness (QED) is 0.141. The molecule has 74 heavy (non-hydrogen) atoms. The zero-order chi connectivity index (χ0) is 49.7. The van der Waals surface area contributed by atoms with Crippen LogP contribution in [0.3, 0.4) is 0 Å². The van der Waals surface area contributed by atoms with Crippen LogP contribution in [0.4, 0.5) is 5.69 Å². The van der Waals surface area contributed by atoms with Crippen molar-refractivity contribution in [1.82, 2.24) is 24.1 Å². The van der Waals surface area contributed by atoms with Crippen LogP contribution in [0.15, 0.2) is 231 Å². The SMILES string of the molecule is [C-]#[N+]c1ccccc1-c1ccc(-c2nc(-c3ccc(-c4cccc(C#N)c4)cc3-n3c4ccccc4c4ccccc43)nc(-c3ccc(-c4cccc(C#N)c4)cc3-n3c4ccccc4c4ccccc43)n2)cc1. The predicted octanol–water partition coefficient (Wildman–Crippen LogP) is 16.4. The highest BCUT2D eigenvalue weighted by Gasteiger charge is 2.24. The minimum absolute atomic E-state index is 0.459. The number of nitrogens with zero attached hydrogens (tertiary/aromatic N) is 8. The molecule has 0 saturated carbocycles. The molecular formula is C66H38N8. The molecule has 0 saturated heterocycles. The molecule has 342 valence electrons. The van der Waals surface area contributed by atoms with E-state index in [1.165, 1.54) is 0 Å². The summed E-state index contributed by atoms with van der Waals surface area (Å²) >= 11 is 0. The largest absolute Gasteiger partial charge is 0.308 e. The molecule has 0 aliphatic carbocycles. The molecule has 3 heterocycles. The molecule has 0 spiro atoms. The third-order valence-electron chi connectivity index (χ3n) is 13.9. The molecule has 0 aliphatic heterocycles. The molecule has 0 aliphatic rings. The lowest BCUT2D eigenvalue weighted by atomic mass is 9.99. The molecule has 3 aromatic heterocycles. The number of benzene rings is 10. The van der Waals surface area contributed by atoms with Gasteiger partial charge in [-0.05, 0) is 106 Å². The van der Waals surface area contributed by atoms with Crippen LogP contribution in [0.2, 0.25) is 0 Å². The van der Waals surface area contributed by atoms with Crippen molar-refractivity contribution in [1.29, 1.82) is 10.5 Å². The topological polar surface area (TPSA) is 100 Å². The fraction of sp³-hybridized carbons (Fsp3) is 0. The molecule has 0 atom stereocenters. The Morgan fingerprint density at radius 1 is 0.338 bits per heavy atom. The van der Waals surface area contributed by atoms with Crippen LogP contribution in [0.25, 0.3) is 127 Å². The van der Waals surface area contributed by atoms with Gasteiger partial charge in [0.25, 0.3) is 0 Å².